The van der Waals surface area contributed by atoms with Crippen LogP contribution >= 0.6 is 0 Å². The van der Waals surface area contributed by atoms with E-state index in [0.717, 1.165) is 32.2 Å². The van der Waals surface area contributed by atoms with Gasteiger partial charge in [0, 0.05) is 17.5 Å². The molecule has 0 bridgehead atoms. The molecular weight excluding hydrogens is 256 g/mol. The molecule has 2 N–H and O–H groups in total. The van der Waals surface area contributed by atoms with Crippen LogP contribution in [-0.2, 0) is 14.3 Å². The molecule has 1 fully saturated rings. The summed E-state index contributed by atoms with van der Waals surface area (Å²) >= 11 is 0. The molecule has 20 heavy (non-hydrogen) atoms. The zero-order valence-corrected chi connectivity index (χ0v) is 13.1. The molecule has 0 unspecified atom stereocenters. The Morgan fingerprint density at radius 1 is 1.35 bits per heavy atom. The van der Waals surface area contributed by atoms with Gasteiger partial charge < -0.3 is 15.4 Å². The van der Waals surface area contributed by atoms with Gasteiger partial charge in [-0.25, -0.2) is 0 Å². The van der Waals surface area contributed by atoms with Crippen LogP contribution in [0.15, 0.2) is 0 Å². The highest BCUT2D eigenvalue weighted by Gasteiger charge is 2.34. The van der Waals surface area contributed by atoms with Gasteiger partial charge in [-0.05, 0) is 39.2 Å². The SMILES string of the molecule is CCC(CC)(CC(=O)OC)NC(=O)[C@H]1CCN[C@@H](C)C1. The third-order valence-electron chi connectivity index (χ3n) is 4.45. The zero-order chi connectivity index (χ0) is 15.2. The van der Waals surface area contributed by atoms with Crippen molar-refractivity contribution >= 4 is 11.9 Å². The maximum absolute atomic E-state index is 12.5. The Balaban J connectivity index is 2.68. The van der Waals surface area contributed by atoms with Gasteiger partial charge in [0.2, 0.25) is 5.91 Å². The number of nitrogens with one attached hydrogen (secondary N) is 2. The maximum Gasteiger partial charge on any atom is 0.307 e. The Labute approximate surface area is 121 Å². The lowest BCUT2D eigenvalue weighted by molar-refractivity contribution is -0.143. The number of ether oxygens (including phenoxy) is 1. The molecule has 0 radical (unpaired) electrons. The third kappa shape index (κ3) is 4.47. The molecule has 1 aliphatic rings. The highest BCUT2D eigenvalue weighted by atomic mass is 16.5. The van der Waals surface area contributed by atoms with Crippen molar-refractivity contribution in [3.8, 4) is 0 Å². The van der Waals surface area contributed by atoms with Gasteiger partial charge in [0.25, 0.3) is 0 Å². The van der Waals surface area contributed by atoms with Crippen LogP contribution in [0, 0.1) is 5.92 Å². The minimum Gasteiger partial charge on any atom is -0.469 e. The molecule has 0 aromatic heterocycles. The lowest BCUT2D eigenvalue weighted by Gasteiger charge is -2.35. The van der Waals surface area contributed by atoms with Crippen molar-refractivity contribution < 1.29 is 14.3 Å². The smallest absolute Gasteiger partial charge is 0.307 e. The predicted molar refractivity (Wildman–Crippen MR) is 78.3 cm³/mol. The van der Waals surface area contributed by atoms with Crippen LogP contribution in [0.4, 0.5) is 0 Å². The summed E-state index contributed by atoms with van der Waals surface area (Å²) in [5.74, 6) is -0.153. The number of esters is 1. The number of hydrogen-bond donors (Lipinski definition) is 2. The lowest BCUT2D eigenvalue weighted by atomic mass is 9.86. The van der Waals surface area contributed by atoms with Gasteiger partial charge in [0.15, 0.2) is 0 Å². The molecule has 116 valence electrons. The van der Waals surface area contributed by atoms with E-state index < -0.39 is 5.54 Å². The Morgan fingerprint density at radius 2 is 2.00 bits per heavy atom. The first-order chi connectivity index (χ1) is 9.46. The first kappa shape index (κ1) is 17.0. The Morgan fingerprint density at radius 3 is 2.50 bits per heavy atom. The summed E-state index contributed by atoms with van der Waals surface area (Å²) in [5, 5.41) is 6.46. The zero-order valence-electron chi connectivity index (χ0n) is 13.1. The summed E-state index contributed by atoms with van der Waals surface area (Å²) in [5.41, 5.74) is -0.474. The van der Waals surface area contributed by atoms with Gasteiger partial charge in [-0.15, -0.1) is 0 Å². The van der Waals surface area contributed by atoms with Crippen LogP contribution in [0.3, 0.4) is 0 Å². The van der Waals surface area contributed by atoms with Crippen LogP contribution in [-0.4, -0.2) is 37.1 Å². The number of methoxy groups -OCH3 is 1. The molecule has 1 rings (SSSR count). The van der Waals surface area contributed by atoms with E-state index in [2.05, 4.69) is 17.6 Å². The first-order valence-electron chi connectivity index (χ1n) is 7.58. The van der Waals surface area contributed by atoms with E-state index >= 15 is 0 Å². The van der Waals surface area contributed by atoms with Crippen LogP contribution < -0.4 is 10.6 Å². The minimum absolute atomic E-state index is 0.0429. The van der Waals surface area contributed by atoms with Crippen LogP contribution in [0.25, 0.3) is 0 Å². The number of hydrogen-bond acceptors (Lipinski definition) is 4. The van der Waals surface area contributed by atoms with E-state index in [0.29, 0.717) is 6.04 Å². The quantitative estimate of drug-likeness (QED) is 0.727. The van der Waals surface area contributed by atoms with Gasteiger partial charge in [-0.2, -0.15) is 0 Å². The lowest BCUT2D eigenvalue weighted by Crippen LogP contribution is -2.53. The van der Waals surface area contributed by atoms with Crippen molar-refractivity contribution in [1.82, 2.24) is 10.6 Å². The van der Waals surface area contributed by atoms with Crippen LogP contribution in [0.5, 0.6) is 0 Å². The predicted octanol–water partition coefficient (Wildman–Crippen LogP) is 1.61. The summed E-state index contributed by atoms with van der Waals surface area (Å²) in [6.45, 7) is 6.97. The standard InChI is InChI=1S/C15H28N2O3/c1-5-15(6-2,10-13(18)20-4)17-14(19)12-7-8-16-11(3)9-12/h11-12,16H,5-10H2,1-4H3,(H,17,19)/t11-,12-/m0/s1. The minimum atomic E-state index is -0.474. The Bertz CT molecular complexity index is 340. The fourth-order valence-corrected chi connectivity index (χ4v) is 2.80. The molecular formula is C15H28N2O3. The second kappa shape index (κ2) is 7.62. The van der Waals surface area contributed by atoms with E-state index in [1.165, 1.54) is 7.11 Å². The Kier molecular flexibility index (Phi) is 6.46. The van der Waals surface area contributed by atoms with Gasteiger partial charge >= 0.3 is 5.97 Å². The number of amides is 1. The monoisotopic (exact) mass is 284 g/mol. The fraction of sp³-hybridized carbons (Fsp3) is 0.867. The summed E-state index contributed by atoms with van der Waals surface area (Å²) in [6, 6.07) is 0.373. The molecule has 5 nitrogen and oxygen atoms in total. The number of carbonyl (C=O) groups is 2. The highest BCUT2D eigenvalue weighted by Crippen LogP contribution is 2.23. The average Bonchev–Trinajstić information content (AvgIpc) is 2.46. The van der Waals surface area contributed by atoms with Gasteiger partial charge in [0.1, 0.15) is 0 Å². The molecule has 0 saturated carbocycles. The third-order valence-corrected chi connectivity index (χ3v) is 4.45. The van der Waals surface area contributed by atoms with Crippen LogP contribution in [0.1, 0.15) is 52.9 Å². The van der Waals surface area contributed by atoms with Gasteiger partial charge in [-0.1, -0.05) is 13.8 Å². The number of piperidine rings is 1. The normalized spacial score (nSPS) is 23.2. The fourth-order valence-electron chi connectivity index (χ4n) is 2.80. The average molecular weight is 284 g/mol. The molecule has 0 spiro atoms. The van der Waals surface area contributed by atoms with Crippen molar-refractivity contribution in [3.05, 3.63) is 0 Å². The molecule has 1 amide bonds. The van der Waals surface area contributed by atoms with E-state index in [1.807, 2.05) is 13.8 Å². The van der Waals surface area contributed by atoms with Gasteiger partial charge in [0.05, 0.1) is 13.5 Å². The molecule has 5 heteroatoms. The molecule has 1 heterocycles. The number of carbonyl (C=O) groups excluding carboxylic acids is 2. The van der Waals surface area contributed by atoms with Gasteiger partial charge in [-0.3, -0.25) is 9.59 Å². The van der Waals surface area contributed by atoms with Crippen molar-refractivity contribution in [2.45, 2.75) is 64.5 Å². The molecule has 0 aromatic rings. The van der Waals surface area contributed by atoms with E-state index in [1.54, 1.807) is 0 Å². The second-order valence-corrected chi connectivity index (χ2v) is 5.81. The summed E-state index contributed by atoms with van der Waals surface area (Å²) in [6.07, 6.45) is 3.41. The molecule has 0 aliphatic carbocycles. The maximum atomic E-state index is 12.5. The van der Waals surface area contributed by atoms with Crippen molar-refractivity contribution in [1.29, 1.82) is 0 Å². The van der Waals surface area contributed by atoms with Crippen molar-refractivity contribution in [2.24, 2.45) is 5.92 Å². The number of rotatable bonds is 6. The van der Waals surface area contributed by atoms with Crippen LogP contribution in [0.2, 0.25) is 0 Å². The molecule has 0 aromatic carbocycles. The summed E-state index contributed by atoms with van der Waals surface area (Å²) in [7, 11) is 1.38. The molecule has 1 aliphatic heterocycles. The summed E-state index contributed by atoms with van der Waals surface area (Å²) in [4.78, 5) is 24.0. The van der Waals surface area contributed by atoms with E-state index in [4.69, 9.17) is 4.74 Å². The molecule has 2 atom stereocenters. The summed E-state index contributed by atoms with van der Waals surface area (Å²) < 4.78 is 4.75. The second-order valence-electron chi connectivity index (χ2n) is 5.81. The highest BCUT2D eigenvalue weighted by molar-refractivity contribution is 5.81. The van der Waals surface area contributed by atoms with E-state index in [9.17, 15) is 9.59 Å². The van der Waals surface area contributed by atoms with E-state index in [-0.39, 0.29) is 24.2 Å². The largest absolute Gasteiger partial charge is 0.469 e. The van der Waals surface area contributed by atoms with Crippen molar-refractivity contribution in [2.75, 3.05) is 13.7 Å². The Hall–Kier alpha value is -1.10. The van der Waals surface area contributed by atoms with Crippen molar-refractivity contribution in [3.63, 3.8) is 0 Å². The topological polar surface area (TPSA) is 67.4 Å². The molecule has 1 saturated heterocycles. The first-order valence-corrected chi connectivity index (χ1v) is 7.58.